The van der Waals surface area contributed by atoms with Crippen molar-refractivity contribution >= 4 is 59.8 Å². The monoisotopic (exact) mass is 457 g/mol. The van der Waals surface area contributed by atoms with E-state index in [9.17, 15) is 26.8 Å². The van der Waals surface area contributed by atoms with Crippen LogP contribution in [0.1, 0.15) is 0 Å². The maximum atomic E-state index is 11.9. The lowest BCUT2D eigenvalue weighted by Crippen LogP contribution is -2.01. The average Bonchev–Trinajstić information content (AvgIpc) is 2.71. The maximum absolute atomic E-state index is 11.9. The van der Waals surface area contributed by atoms with E-state index in [-0.39, 0.29) is 27.0 Å². The molecule has 1 unspecified atom stereocenters. The Labute approximate surface area is 178 Å². The molecule has 0 saturated heterocycles. The van der Waals surface area contributed by atoms with E-state index in [1.807, 2.05) is 30.3 Å². The van der Waals surface area contributed by atoms with Crippen LogP contribution in [-0.2, 0) is 21.2 Å². The van der Waals surface area contributed by atoms with Gasteiger partial charge in [-0.15, -0.1) is 10.2 Å². The standard InChI is InChI=1S/C20H15N3O6S2/c21-15-10-13(31(27,28)29)8-12-9-17(30(25)26)19(20(24)18(12)15)23-22-16-7-3-5-11-4-1-2-6-14(11)16/h1-10,24H,21H2,(H,25,26)(H,27,28,29). The van der Waals surface area contributed by atoms with Crippen LogP contribution in [0.2, 0.25) is 0 Å². The van der Waals surface area contributed by atoms with Crippen molar-refractivity contribution in [3.8, 4) is 5.75 Å². The zero-order valence-corrected chi connectivity index (χ0v) is 17.3. The summed E-state index contributed by atoms with van der Waals surface area (Å²) in [7, 11) is -4.58. The molecular weight excluding hydrogens is 442 g/mol. The molecular formula is C20H15N3O6S2. The molecule has 0 aliphatic heterocycles. The fourth-order valence-corrected chi connectivity index (χ4v) is 4.35. The Kier molecular flexibility index (Phi) is 5.19. The summed E-state index contributed by atoms with van der Waals surface area (Å²) in [4.78, 5) is -0.822. The molecule has 0 heterocycles. The molecule has 31 heavy (non-hydrogen) atoms. The molecule has 0 aromatic heterocycles. The zero-order valence-electron chi connectivity index (χ0n) is 15.6. The van der Waals surface area contributed by atoms with Gasteiger partial charge in [-0.3, -0.25) is 4.55 Å². The highest BCUT2D eigenvalue weighted by Crippen LogP contribution is 2.44. The maximum Gasteiger partial charge on any atom is 0.294 e. The molecule has 11 heteroatoms. The van der Waals surface area contributed by atoms with Crippen LogP contribution in [0.5, 0.6) is 5.75 Å². The molecule has 0 fully saturated rings. The van der Waals surface area contributed by atoms with Crippen molar-refractivity contribution < 1.29 is 26.8 Å². The molecule has 0 spiro atoms. The highest BCUT2D eigenvalue weighted by atomic mass is 32.2. The lowest BCUT2D eigenvalue weighted by Gasteiger charge is -2.11. The SMILES string of the molecule is Nc1cc(S(=O)(=O)O)cc2cc(S(=O)O)c(N=Nc3cccc4ccccc34)c(O)c12. The summed E-state index contributed by atoms with van der Waals surface area (Å²) in [5.41, 5.74) is 5.91. The molecule has 1 atom stereocenters. The molecule has 0 saturated carbocycles. The molecule has 9 nitrogen and oxygen atoms in total. The number of azo groups is 1. The number of hydrogen-bond donors (Lipinski definition) is 4. The van der Waals surface area contributed by atoms with Gasteiger partial charge in [-0.2, -0.15) is 8.42 Å². The summed E-state index contributed by atoms with van der Waals surface area (Å²) in [6, 6.07) is 16.0. The van der Waals surface area contributed by atoms with Crippen LogP contribution in [0.15, 0.2) is 80.7 Å². The summed E-state index contributed by atoms with van der Waals surface area (Å²) in [6.45, 7) is 0. The van der Waals surface area contributed by atoms with Gasteiger partial charge in [0.1, 0.15) is 5.69 Å². The number of fused-ring (bicyclic) bond motifs is 2. The largest absolute Gasteiger partial charge is 0.505 e. The normalized spacial score (nSPS) is 13.2. The van der Waals surface area contributed by atoms with Crippen molar-refractivity contribution in [1.82, 2.24) is 0 Å². The molecule has 0 aliphatic carbocycles. The first-order valence-corrected chi connectivity index (χ1v) is 11.3. The van der Waals surface area contributed by atoms with Crippen LogP contribution in [0, 0.1) is 0 Å². The van der Waals surface area contributed by atoms with Gasteiger partial charge < -0.3 is 15.4 Å². The predicted molar refractivity (Wildman–Crippen MR) is 117 cm³/mol. The van der Waals surface area contributed by atoms with Gasteiger partial charge in [-0.1, -0.05) is 36.4 Å². The third-order valence-electron chi connectivity index (χ3n) is 4.66. The van der Waals surface area contributed by atoms with Crippen molar-refractivity contribution in [3.63, 3.8) is 0 Å². The average molecular weight is 457 g/mol. The quantitative estimate of drug-likeness (QED) is 0.151. The lowest BCUT2D eigenvalue weighted by atomic mass is 10.1. The van der Waals surface area contributed by atoms with Gasteiger partial charge in [0, 0.05) is 16.5 Å². The van der Waals surface area contributed by atoms with Crippen molar-refractivity contribution in [2.45, 2.75) is 9.79 Å². The Bertz CT molecular complexity index is 1510. The van der Waals surface area contributed by atoms with Gasteiger partial charge in [0.25, 0.3) is 10.1 Å². The second-order valence-electron chi connectivity index (χ2n) is 6.61. The van der Waals surface area contributed by atoms with Crippen LogP contribution in [0.3, 0.4) is 0 Å². The summed E-state index contributed by atoms with van der Waals surface area (Å²) >= 11 is -2.59. The van der Waals surface area contributed by atoms with Gasteiger partial charge in [0.2, 0.25) is 0 Å². The van der Waals surface area contributed by atoms with Gasteiger partial charge in [0.05, 0.1) is 15.5 Å². The molecule has 0 aliphatic rings. The third kappa shape index (κ3) is 3.86. The number of phenols is 1. The van der Waals surface area contributed by atoms with E-state index in [2.05, 4.69) is 10.2 Å². The van der Waals surface area contributed by atoms with Crippen molar-refractivity contribution in [1.29, 1.82) is 0 Å². The minimum Gasteiger partial charge on any atom is -0.505 e. The number of anilines is 1. The van der Waals surface area contributed by atoms with Crippen molar-refractivity contribution in [3.05, 3.63) is 60.7 Å². The molecule has 5 N–H and O–H groups in total. The van der Waals surface area contributed by atoms with Gasteiger partial charge in [-0.25, -0.2) is 4.21 Å². The Hall–Kier alpha value is -3.38. The fraction of sp³-hybridized carbons (Fsp3) is 0. The van der Waals surface area contributed by atoms with Crippen LogP contribution in [0.25, 0.3) is 21.5 Å². The summed E-state index contributed by atoms with van der Waals surface area (Å²) < 4.78 is 53.8. The minimum atomic E-state index is -4.58. The molecule has 4 rings (SSSR count). The number of benzene rings is 4. The topological polar surface area (TPSA) is 163 Å². The van der Waals surface area contributed by atoms with E-state index in [0.29, 0.717) is 5.69 Å². The van der Waals surface area contributed by atoms with E-state index in [1.165, 1.54) is 0 Å². The summed E-state index contributed by atoms with van der Waals surface area (Å²) in [5.74, 6) is -0.543. The molecule has 0 amide bonds. The van der Waals surface area contributed by atoms with Crippen LogP contribution >= 0.6 is 0 Å². The Balaban J connectivity index is 1.96. The first-order chi connectivity index (χ1) is 14.7. The highest BCUT2D eigenvalue weighted by Gasteiger charge is 2.21. The Morgan fingerprint density at radius 2 is 1.65 bits per heavy atom. The number of nitrogen functional groups attached to an aromatic ring is 1. The van der Waals surface area contributed by atoms with Crippen LogP contribution in [-0.4, -0.2) is 26.8 Å². The molecule has 158 valence electrons. The number of nitrogens with two attached hydrogens (primary N) is 1. The Morgan fingerprint density at radius 3 is 2.35 bits per heavy atom. The van der Waals surface area contributed by atoms with Crippen LogP contribution < -0.4 is 5.73 Å². The van der Waals surface area contributed by atoms with Crippen molar-refractivity contribution in [2.24, 2.45) is 10.2 Å². The van der Waals surface area contributed by atoms with E-state index in [1.54, 1.807) is 12.1 Å². The zero-order chi connectivity index (χ0) is 22.3. The van der Waals surface area contributed by atoms with Gasteiger partial charge >= 0.3 is 0 Å². The first-order valence-electron chi connectivity index (χ1n) is 8.74. The van der Waals surface area contributed by atoms with E-state index in [4.69, 9.17) is 5.73 Å². The molecule has 4 aromatic carbocycles. The first kappa shape index (κ1) is 20.9. The number of nitrogens with zero attached hydrogens (tertiary/aromatic N) is 2. The minimum absolute atomic E-state index is 0.00784. The summed E-state index contributed by atoms with van der Waals surface area (Å²) in [6.07, 6.45) is 0. The number of phenolic OH excluding ortho intramolecular Hbond substituents is 1. The second kappa shape index (κ2) is 7.71. The molecule has 4 aromatic rings. The summed E-state index contributed by atoms with van der Waals surface area (Å²) in [5, 5.41) is 20.7. The second-order valence-corrected chi connectivity index (χ2v) is 8.96. The van der Waals surface area contributed by atoms with Gasteiger partial charge in [-0.05, 0) is 35.0 Å². The van der Waals surface area contributed by atoms with E-state index in [0.717, 1.165) is 29.0 Å². The van der Waals surface area contributed by atoms with Crippen molar-refractivity contribution in [2.75, 3.05) is 5.73 Å². The van der Waals surface area contributed by atoms with Gasteiger partial charge in [0.15, 0.2) is 16.8 Å². The number of hydrogen-bond acceptors (Lipinski definition) is 7. The Morgan fingerprint density at radius 1 is 0.935 bits per heavy atom. The van der Waals surface area contributed by atoms with E-state index >= 15 is 0 Å². The predicted octanol–water partition coefficient (Wildman–Crippen LogP) is 4.52. The highest BCUT2D eigenvalue weighted by molar-refractivity contribution is 7.85. The smallest absolute Gasteiger partial charge is 0.294 e. The number of rotatable bonds is 4. The molecule has 0 radical (unpaired) electrons. The fourth-order valence-electron chi connectivity index (χ4n) is 3.27. The van der Waals surface area contributed by atoms with E-state index < -0.39 is 31.8 Å². The lowest BCUT2D eigenvalue weighted by molar-refractivity contribution is 0.479. The third-order valence-corrected chi connectivity index (χ3v) is 6.18. The van der Waals surface area contributed by atoms with Crippen LogP contribution in [0.4, 0.5) is 17.1 Å². The molecule has 0 bridgehead atoms. The number of aromatic hydroxyl groups is 1.